The van der Waals surface area contributed by atoms with Crippen molar-refractivity contribution >= 4 is 44.5 Å². The lowest BCUT2D eigenvalue weighted by Crippen LogP contribution is -2.26. The van der Waals surface area contributed by atoms with Crippen LogP contribution in [0.3, 0.4) is 0 Å². The number of aryl methyl sites for hydroxylation is 1. The number of carbonyl (C=O) groups is 1. The van der Waals surface area contributed by atoms with E-state index in [1.54, 1.807) is 34.6 Å². The highest BCUT2D eigenvalue weighted by atomic mass is 79.9. The van der Waals surface area contributed by atoms with Crippen molar-refractivity contribution in [3.63, 3.8) is 0 Å². The van der Waals surface area contributed by atoms with Crippen LogP contribution >= 0.6 is 38.6 Å². The summed E-state index contributed by atoms with van der Waals surface area (Å²) in [6.45, 7) is 0.610. The lowest BCUT2D eigenvalue weighted by atomic mass is 10.2. The van der Waals surface area contributed by atoms with E-state index in [4.69, 9.17) is 4.42 Å². The zero-order valence-corrected chi connectivity index (χ0v) is 15.6. The summed E-state index contributed by atoms with van der Waals surface area (Å²) in [6.07, 6.45) is 0.808. The minimum absolute atomic E-state index is 0.0600. The number of carbonyl (C=O) groups excluding carboxylic acids is 1. The average Bonchev–Trinajstić information content (AvgIpc) is 3.26. The lowest BCUT2D eigenvalue weighted by molar-refractivity contribution is -0.130. The van der Waals surface area contributed by atoms with Crippen molar-refractivity contribution in [3.05, 3.63) is 43.5 Å². The van der Waals surface area contributed by atoms with Crippen LogP contribution in [0.5, 0.6) is 0 Å². The largest absolute Gasteiger partial charge is 0.421 e. The normalized spacial score (nSPS) is 10.9. The molecule has 23 heavy (non-hydrogen) atoms. The molecule has 3 aromatic rings. The quantitative estimate of drug-likeness (QED) is 0.609. The van der Waals surface area contributed by atoms with Gasteiger partial charge in [-0.2, -0.15) is 11.3 Å². The van der Waals surface area contributed by atoms with Crippen molar-refractivity contribution in [1.82, 2.24) is 15.1 Å². The van der Waals surface area contributed by atoms with Gasteiger partial charge >= 0.3 is 0 Å². The summed E-state index contributed by atoms with van der Waals surface area (Å²) in [5.74, 6) is 1.06. The van der Waals surface area contributed by atoms with Gasteiger partial charge in [0.15, 0.2) is 0 Å². The standard InChI is InChI=1S/C15H14BrN3O2S2/c1-19(8-11-2-3-12(16)23-11)14(20)5-4-13-17-18-15(21-13)10-6-7-22-9-10/h2-3,6-7,9H,4-5,8H2,1H3. The van der Waals surface area contributed by atoms with Crippen LogP contribution in [-0.2, 0) is 17.8 Å². The Morgan fingerprint density at radius 2 is 2.22 bits per heavy atom. The number of rotatable bonds is 6. The number of amides is 1. The van der Waals surface area contributed by atoms with E-state index in [2.05, 4.69) is 26.1 Å². The Morgan fingerprint density at radius 1 is 1.35 bits per heavy atom. The summed E-state index contributed by atoms with van der Waals surface area (Å²) in [5, 5.41) is 11.9. The Kier molecular flexibility index (Phi) is 5.24. The van der Waals surface area contributed by atoms with Gasteiger partial charge in [-0.1, -0.05) is 0 Å². The summed E-state index contributed by atoms with van der Waals surface area (Å²) in [6, 6.07) is 5.94. The first-order valence-corrected chi connectivity index (χ1v) is 9.50. The van der Waals surface area contributed by atoms with Gasteiger partial charge in [0.25, 0.3) is 0 Å². The molecule has 0 aliphatic carbocycles. The Labute approximate surface area is 150 Å². The molecule has 0 aliphatic rings. The second-order valence-corrected chi connectivity index (χ2v) is 8.30. The predicted molar refractivity (Wildman–Crippen MR) is 94.4 cm³/mol. The van der Waals surface area contributed by atoms with Crippen LogP contribution < -0.4 is 0 Å². The minimum Gasteiger partial charge on any atom is -0.421 e. The zero-order valence-electron chi connectivity index (χ0n) is 12.4. The van der Waals surface area contributed by atoms with Gasteiger partial charge in [0.05, 0.1) is 10.3 Å². The van der Waals surface area contributed by atoms with Crippen LogP contribution in [0.1, 0.15) is 17.2 Å². The van der Waals surface area contributed by atoms with Crippen LogP contribution in [0.2, 0.25) is 0 Å². The number of halogens is 1. The Bertz CT molecular complexity index is 782. The molecule has 0 unspecified atom stereocenters. The molecular weight excluding hydrogens is 398 g/mol. The van der Waals surface area contributed by atoms with Crippen LogP contribution in [0.25, 0.3) is 11.5 Å². The number of thiophene rings is 2. The van der Waals surface area contributed by atoms with E-state index in [1.807, 2.05) is 29.0 Å². The molecule has 8 heteroatoms. The predicted octanol–water partition coefficient (Wildman–Crippen LogP) is 4.21. The highest BCUT2D eigenvalue weighted by molar-refractivity contribution is 9.11. The molecule has 0 aliphatic heterocycles. The molecule has 0 spiro atoms. The number of hydrogen-bond donors (Lipinski definition) is 0. The van der Waals surface area contributed by atoms with Gasteiger partial charge in [0.1, 0.15) is 0 Å². The summed E-state index contributed by atoms with van der Waals surface area (Å²) < 4.78 is 6.66. The Balaban J connectivity index is 1.52. The second-order valence-electron chi connectivity index (χ2n) is 4.97. The molecule has 0 radical (unpaired) electrons. The fraction of sp³-hybridized carbons (Fsp3) is 0.267. The molecule has 1 amide bonds. The maximum absolute atomic E-state index is 12.2. The van der Waals surface area contributed by atoms with Gasteiger partial charge in [0, 0.05) is 35.7 Å². The molecule has 0 N–H and O–H groups in total. The topological polar surface area (TPSA) is 59.2 Å². The van der Waals surface area contributed by atoms with Gasteiger partial charge < -0.3 is 9.32 Å². The van der Waals surface area contributed by atoms with E-state index < -0.39 is 0 Å². The Hall–Kier alpha value is -1.51. The molecule has 0 saturated heterocycles. The van der Waals surface area contributed by atoms with Gasteiger partial charge in [-0.3, -0.25) is 4.79 Å². The first-order chi connectivity index (χ1) is 11.1. The highest BCUT2D eigenvalue weighted by Gasteiger charge is 2.14. The molecule has 0 saturated carbocycles. The third-order valence-electron chi connectivity index (χ3n) is 3.24. The molecule has 0 fully saturated rings. The zero-order chi connectivity index (χ0) is 16.2. The first kappa shape index (κ1) is 16.4. The van der Waals surface area contributed by atoms with E-state index >= 15 is 0 Å². The monoisotopic (exact) mass is 411 g/mol. The lowest BCUT2D eigenvalue weighted by Gasteiger charge is -2.15. The number of aromatic nitrogens is 2. The van der Waals surface area contributed by atoms with E-state index in [-0.39, 0.29) is 5.91 Å². The number of nitrogens with zero attached hydrogens (tertiary/aromatic N) is 3. The van der Waals surface area contributed by atoms with Crippen LogP contribution in [0.4, 0.5) is 0 Å². The van der Waals surface area contributed by atoms with Crippen LogP contribution in [0, 0.1) is 0 Å². The fourth-order valence-electron chi connectivity index (χ4n) is 2.02. The van der Waals surface area contributed by atoms with Crippen molar-refractivity contribution in [3.8, 4) is 11.5 Å². The molecule has 0 aromatic carbocycles. The first-order valence-electron chi connectivity index (χ1n) is 6.95. The smallest absolute Gasteiger partial charge is 0.248 e. The van der Waals surface area contributed by atoms with Crippen LogP contribution in [0.15, 0.2) is 37.2 Å². The van der Waals surface area contributed by atoms with Crippen molar-refractivity contribution in [2.45, 2.75) is 19.4 Å². The van der Waals surface area contributed by atoms with Gasteiger partial charge in [-0.05, 0) is 39.5 Å². The summed E-state index contributed by atoms with van der Waals surface area (Å²) in [7, 11) is 1.81. The SMILES string of the molecule is CN(Cc1ccc(Br)s1)C(=O)CCc1nnc(-c2ccsc2)o1. The molecule has 0 atom stereocenters. The molecular formula is C15H14BrN3O2S2. The van der Waals surface area contributed by atoms with E-state index in [0.29, 0.717) is 31.2 Å². The molecule has 3 rings (SSSR count). The summed E-state index contributed by atoms with van der Waals surface area (Å²) in [5.41, 5.74) is 0.917. The fourth-order valence-corrected chi connectivity index (χ4v) is 4.19. The van der Waals surface area contributed by atoms with E-state index in [1.165, 1.54) is 0 Å². The molecule has 3 heterocycles. The van der Waals surface area contributed by atoms with Gasteiger partial charge in [-0.25, -0.2) is 0 Å². The summed E-state index contributed by atoms with van der Waals surface area (Å²) >= 11 is 6.64. The third-order valence-corrected chi connectivity index (χ3v) is 5.53. The van der Waals surface area contributed by atoms with Crippen LogP contribution in [-0.4, -0.2) is 28.1 Å². The third kappa shape index (κ3) is 4.27. The van der Waals surface area contributed by atoms with Crippen molar-refractivity contribution in [1.29, 1.82) is 0 Å². The van der Waals surface area contributed by atoms with Crippen molar-refractivity contribution in [2.75, 3.05) is 7.05 Å². The minimum atomic E-state index is 0.0600. The average molecular weight is 412 g/mol. The molecule has 0 bridgehead atoms. The van der Waals surface area contributed by atoms with Gasteiger partial charge in [0.2, 0.25) is 17.7 Å². The molecule has 120 valence electrons. The number of hydrogen-bond acceptors (Lipinski definition) is 6. The summed E-state index contributed by atoms with van der Waals surface area (Å²) in [4.78, 5) is 15.1. The second kappa shape index (κ2) is 7.37. The van der Waals surface area contributed by atoms with E-state index in [0.717, 1.165) is 14.2 Å². The highest BCUT2D eigenvalue weighted by Crippen LogP contribution is 2.23. The maximum atomic E-state index is 12.2. The van der Waals surface area contributed by atoms with Crippen molar-refractivity contribution < 1.29 is 9.21 Å². The molecule has 5 nitrogen and oxygen atoms in total. The van der Waals surface area contributed by atoms with E-state index in [9.17, 15) is 4.79 Å². The Morgan fingerprint density at radius 3 is 2.91 bits per heavy atom. The van der Waals surface area contributed by atoms with Gasteiger partial charge in [-0.15, -0.1) is 21.5 Å². The maximum Gasteiger partial charge on any atom is 0.248 e. The van der Waals surface area contributed by atoms with Crippen molar-refractivity contribution in [2.24, 2.45) is 0 Å². The molecule has 3 aromatic heterocycles.